The quantitative estimate of drug-likeness (QED) is 0.861. The minimum absolute atomic E-state index is 0.275. The second kappa shape index (κ2) is 3.80. The van der Waals surface area contributed by atoms with E-state index in [1.165, 1.54) is 0 Å². The molecule has 2 aromatic rings. The number of carboxylic acids is 1. The molecule has 3 rings (SSSR count). The van der Waals surface area contributed by atoms with Crippen LogP contribution in [0.25, 0.3) is 11.0 Å². The maximum atomic E-state index is 10.9. The Labute approximate surface area is 98.4 Å². The van der Waals surface area contributed by atoms with E-state index in [0.717, 1.165) is 23.4 Å². The van der Waals surface area contributed by atoms with Crippen molar-refractivity contribution in [2.75, 3.05) is 18.0 Å². The van der Waals surface area contributed by atoms with Gasteiger partial charge in [0, 0.05) is 24.5 Å². The van der Waals surface area contributed by atoms with Gasteiger partial charge in [-0.1, -0.05) is 18.2 Å². The fourth-order valence-electron chi connectivity index (χ4n) is 2.29. The van der Waals surface area contributed by atoms with Crippen LogP contribution in [0.15, 0.2) is 34.7 Å². The number of benzene rings is 1. The molecule has 4 nitrogen and oxygen atoms in total. The molecule has 1 aliphatic rings. The van der Waals surface area contributed by atoms with E-state index in [-0.39, 0.29) is 5.92 Å². The number of furan rings is 1. The van der Waals surface area contributed by atoms with Gasteiger partial charge in [0.05, 0.1) is 5.92 Å². The van der Waals surface area contributed by atoms with Crippen LogP contribution in [0.2, 0.25) is 0 Å². The summed E-state index contributed by atoms with van der Waals surface area (Å²) >= 11 is 0. The molecule has 88 valence electrons. The first kappa shape index (κ1) is 10.2. The van der Waals surface area contributed by atoms with Crippen LogP contribution >= 0.6 is 0 Å². The lowest BCUT2D eigenvalue weighted by Gasteiger charge is -2.13. The van der Waals surface area contributed by atoms with Crippen LogP contribution in [0.1, 0.15) is 6.42 Å². The van der Waals surface area contributed by atoms with Gasteiger partial charge < -0.3 is 14.4 Å². The predicted molar refractivity (Wildman–Crippen MR) is 64.2 cm³/mol. The zero-order valence-corrected chi connectivity index (χ0v) is 9.30. The van der Waals surface area contributed by atoms with Crippen LogP contribution in [0.4, 0.5) is 5.88 Å². The highest BCUT2D eigenvalue weighted by molar-refractivity contribution is 5.81. The average molecular weight is 231 g/mol. The number of nitrogens with zero attached hydrogens (tertiary/aromatic N) is 1. The standard InChI is InChI=1S/C13H13NO3/c15-13(16)10-5-6-14(8-10)12-7-9-3-1-2-4-11(9)17-12/h1-4,7,10H,5-6,8H2,(H,15,16). The highest BCUT2D eigenvalue weighted by atomic mass is 16.4. The van der Waals surface area contributed by atoms with E-state index in [2.05, 4.69) is 0 Å². The summed E-state index contributed by atoms with van der Waals surface area (Å²) in [4.78, 5) is 12.9. The van der Waals surface area contributed by atoms with Crippen LogP contribution in [0.3, 0.4) is 0 Å². The van der Waals surface area contributed by atoms with Gasteiger partial charge in [-0.25, -0.2) is 0 Å². The van der Waals surface area contributed by atoms with Crippen molar-refractivity contribution >= 4 is 22.8 Å². The van der Waals surface area contributed by atoms with Gasteiger partial charge in [0.2, 0.25) is 0 Å². The molecular formula is C13H13NO3. The maximum Gasteiger partial charge on any atom is 0.308 e. The number of carboxylic acid groups (broad SMARTS) is 1. The summed E-state index contributed by atoms with van der Waals surface area (Å²) in [6.45, 7) is 1.28. The molecule has 1 aliphatic heterocycles. The SMILES string of the molecule is O=C(O)C1CCN(c2cc3ccccc3o2)C1. The molecule has 2 heterocycles. The molecule has 1 aromatic heterocycles. The monoisotopic (exact) mass is 231 g/mol. The number of para-hydroxylation sites is 1. The molecule has 0 amide bonds. The number of anilines is 1. The average Bonchev–Trinajstić information content (AvgIpc) is 2.95. The zero-order chi connectivity index (χ0) is 11.8. The second-order valence-electron chi connectivity index (χ2n) is 4.39. The summed E-state index contributed by atoms with van der Waals surface area (Å²) in [6, 6.07) is 9.78. The van der Waals surface area contributed by atoms with E-state index in [1.54, 1.807) is 0 Å². The summed E-state index contributed by atoms with van der Waals surface area (Å²) in [5.41, 5.74) is 0.848. The van der Waals surface area contributed by atoms with E-state index >= 15 is 0 Å². The van der Waals surface area contributed by atoms with Gasteiger partial charge in [-0.2, -0.15) is 0 Å². The van der Waals surface area contributed by atoms with Gasteiger partial charge in [0.1, 0.15) is 5.58 Å². The molecule has 1 fully saturated rings. The fraction of sp³-hybridized carbons (Fsp3) is 0.308. The fourth-order valence-corrected chi connectivity index (χ4v) is 2.29. The van der Waals surface area contributed by atoms with Gasteiger partial charge in [0.15, 0.2) is 5.88 Å². The summed E-state index contributed by atoms with van der Waals surface area (Å²) in [7, 11) is 0. The van der Waals surface area contributed by atoms with E-state index < -0.39 is 5.97 Å². The van der Waals surface area contributed by atoms with Crippen LogP contribution in [-0.2, 0) is 4.79 Å². The summed E-state index contributed by atoms with van der Waals surface area (Å²) < 4.78 is 5.71. The minimum Gasteiger partial charge on any atom is -0.481 e. The minimum atomic E-state index is -0.719. The molecule has 0 saturated carbocycles. The number of rotatable bonds is 2. The Kier molecular flexibility index (Phi) is 2.28. The lowest BCUT2D eigenvalue weighted by Crippen LogP contribution is -2.22. The first-order chi connectivity index (χ1) is 8.24. The Bertz CT molecular complexity index is 528. The van der Waals surface area contributed by atoms with Crippen molar-refractivity contribution in [3.63, 3.8) is 0 Å². The molecule has 0 aliphatic carbocycles. The Hall–Kier alpha value is -1.97. The molecule has 1 N–H and O–H groups in total. The zero-order valence-electron chi connectivity index (χ0n) is 9.30. The molecule has 1 atom stereocenters. The lowest BCUT2D eigenvalue weighted by atomic mass is 10.1. The molecular weight excluding hydrogens is 218 g/mol. The molecule has 1 aromatic carbocycles. The molecule has 1 saturated heterocycles. The Balaban J connectivity index is 1.87. The third-order valence-electron chi connectivity index (χ3n) is 3.26. The van der Waals surface area contributed by atoms with Crippen molar-refractivity contribution < 1.29 is 14.3 Å². The van der Waals surface area contributed by atoms with Crippen LogP contribution in [0, 0.1) is 5.92 Å². The molecule has 0 spiro atoms. The second-order valence-corrected chi connectivity index (χ2v) is 4.39. The Morgan fingerprint density at radius 3 is 2.94 bits per heavy atom. The molecule has 4 heteroatoms. The molecule has 0 bridgehead atoms. The largest absolute Gasteiger partial charge is 0.481 e. The Morgan fingerprint density at radius 2 is 2.24 bits per heavy atom. The van der Waals surface area contributed by atoms with E-state index in [1.807, 2.05) is 35.2 Å². The van der Waals surface area contributed by atoms with Crippen molar-refractivity contribution in [3.05, 3.63) is 30.3 Å². The van der Waals surface area contributed by atoms with Crippen molar-refractivity contribution in [2.45, 2.75) is 6.42 Å². The van der Waals surface area contributed by atoms with Gasteiger partial charge in [-0.3, -0.25) is 4.79 Å². The lowest BCUT2D eigenvalue weighted by molar-refractivity contribution is -0.140. The highest BCUT2D eigenvalue weighted by Gasteiger charge is 2.29. The van der Waals surface area contributed by atoms with Gasteiger partial charge in [-0.15, -0.1) is 0 Å². The maximum absolute atomic E-state index is 10.9. The van der Waals surface area contributed by atoms with Crippen LogP contribution in [0.5, 0.6) is 0 Å². The summed E-state index contributed by atoms with van der Waals surface area (Å²) in [5.74, 6) is -0.221. The van der Waals surface area contributed by atoms with Gasteiger partial charge in [0.25, 0.3) is 0 Å². The number of fused-ring (bicyclic) bond motifs is 1. The molecule has 1 unspecified atom stereocenters. The topological polar surface area (TPSA) is 53.7 Å². The van der Waals surface area contributed by atoms with Crippen molar-refractivity contribution in [1.82, 2.24) is 0 Å². The third-order valence-corrected chi connectivity index (χ3v) is 3.26. The smallest absolute Gasteiger partial charge is 0.308 e. The Morgan fingerprint density at radius 1 is 1.41 bits per heavy atom. The van der Waals surface area contributed by atoms with Crippen molar-refractivity contribution in [1.29, 1.82) is 0 Å². The first-order valence-electron chi connectivity index (χ1n) is 5.70. The number of carbonyl (C=O) groups is 1. The number of aliphatic carboxylic acids is 1. The number of hydrogen-bond donors (Lipinski definition) is 1. The normalized spacial score (nSPS) is 20.0. The third kappa shape index (κ3) is 1.75. The van der Waals surface area contributed by atoms with Crippen molar-refractivity contribution in [2.24, 2.45) is 5.92 Å². The van der Waals surface area contributed by atoms with Gasteiger partial charge in [-0.05, 0) is 12.5 Å². The van der Waals surface area contributed by atoms with E-state index in [4.69, 9.17) is 9.52 Å². The highest BCUT2D eigenvalue weighted by Crippen LogP contribution is 2.29. The first-order valence-corrected chi connectivity index (χ1v) is 5.70. The summed E-state index contributed by atoms with van der Waals surface area (Å²) in [6.07, 6.45) is 0.687. The predicted octanol–water partition coefficient (Wildman–Crippen LogP) is 2.34. The van der Waals surface area contributed by atoms with Gasteiger partial charge >= 0.3 is 5.97 Å². The van der Waals surface area contributed by atoms with E-state index in [9.17, 15) is 4.79 Å². The van der Waals surface area contributed by atoms with Crippen LogP contribution < -0.4 is 4.90 Å². The molecule has 0 radical (unpaired) electrons. The van der Waals surface area contributed by atoms with Crippen LogP contribution in [-0.4, -0.2) is 24.2 Å². The summed E-state index contributed by atoms with van der Waals surface area (Å²) in [5, 5.41) is 10.0. The molecule has 17 heavy (non-hydrogen) atoms. The van der Waals surface area contributed by atoms with Crippen molar-refractivity contribution in [3.8, 4) is 0 Å². The van der Waals surface area contributed by atoms with E-state index in [0.29, 0.717) is 13.0 Å². The number of hydrogen-bond acceptors (Lipinski definition) is 3.